The van der Waals surface area contributed by atoms with Gasteiger partial charge in [-0.15, -0.1) is 0 Å². The SMILES string of the molecule is COc1cc(CC(=O)Nc2ccc(C)cc2)cc(OC)c1OC. The van der Waals surface area contributed by atoms with Gasteiger partial charge in [0, 0.05) is 5.69 Å². The van der Waals surface area contributed by atoms with Crippen molar-refractivity contribution in [3.05, 3.63) is 47.5 Å². The van der Waals surface area contributed by atoms with Crippen LogP contribution in [0.4, 0.5) is 5.69 Å². The summed E-state index contributed by atoms with van der Waals surface area (Å²) in [4.78, 5) is 12.2. The molecular formula is C18H21NO4. The third kappa shape index (κ3) is 4.16. The molecule has 0 aliphatic rings. The average Bonchev–Trinajstić information content (AvgIpc) is 2.55. The number of benzene rings is 2. The fourth-order valence-electron chi connectivity index (χ4n) is 2.26. The van der Waals surface area contributed by atoms with Gasteiger partial charge in [-0.1, -0.05) is 17.7 Å². The van der Waals surface area contributed by atoms with Crippen LogP contribution in [-0.2, 0) is 11.2 Å². The van der Waals surface area contributed by atoms with Crippen molar-refractivity contribution in [2.45, 2.75) is 13.3 Å². The van der Waals surface area contributed by atoms with Crippen LogP contribution in [0.3, 0.4) is 0 Å². The summed E-state index contributed by atoms with van der Waals surface area (Å²) in [5, 5.41) is 2.87. The third-order valence-corrected chi connectivity index (χ3v) is 3.42. The van der Waals surface area contributed by atoms with Crippen molar-refractivity contribution in [2.24, 2.45) is 0 Å². The molecule has 0 radical (unpaired) electrons. The number of methoxy groups -OCH3 is 3. The molecule has 0 saturated heterocycles. The van der Waals surface area contributed by atoms with E-state index in [1.807, 2.05) is 31.2 Å². The minimum absolute atomic E-state index is 0.108. The molecule has 5 nitrogen and oxygen atoms in total. The van der Waals surface area contributed by atoms with E-state index >= 15 is 0 Å². The molecule has 5 heteroatoms. The van der Waals surface area contributed by atoms with Crippen LogP contribution >= 0.6 is 0 Å². The summed E-state index contributed by atoms with van der Waals surface area (Å²) in [6.45, 7) is 2.00. The Bertz CT molecular complexity index is 655. The maximum Gasteiger partial charge on any atom is 0.228 e. The monoisotopic (exact) mass is 315 g/mol. The second-order valence-electron chi connectivity index (χ2n) is 5.12. The minimum Gasteiger partial charge on any atom is -0.493 e. The van der Waals surface area contributed by atoms with Gasteiger partial charge in [0.1, 0.15) is 0 Å². The zero-order valence-corrected chi connectivity index (χ0v) is 13.8. The highest BCUT2D eigenvalue weighted by Crippen LogP contribution is 2.38. The van der Waals surface area contributed by atoms with Gasteiger partial charge in [0.05, 0.1) is 27.8 Å². The molecule has 1 N–H and O–H groups in total. The van der Waals surface area contributed by atoms with Crippen molar-refractivity contribution in [2.75, 3.05) is 26.6 Å². The Hall–Kier alpha value is -2.69. The van der Waals surface area contributed by atoms with Crippen LogP contribution in [0, 0.1) is 6.92 Å². The molecule has 0 unspecified atom stereocenters. The predicted molar refractivity (Wildman–Crippen MR) is 89.6 cm³/mol. The van der Waals surface area contributed by atoms with Crippen LogP contribution in [0.15, 0.2) is 36.4 Å². The molecule has 0 aliphatic carbocycles. The van der Waals surface area contributed by atoms with Crippen molar-refractivity contribution >= 4 is 11.6 Å². The van der Waals surface area contributed by atoms with Crippen molar-refractivity contribution in [3.63, 3.8) is 0 Å². The number of nitrogens with one attached hydrogen (secondary N) is 1. The van der Waals surface area contributed by atoms with Gasteiger partial charge < -0.3 is 19.5 Å². The van der Waals surface area contributed by atoms with E-state index in [9.17, 15) is 4.79 Å². The number of ether oxygens (including phenoxy) is 3. The Morgan fingerprint density at radius 1 is 0.957 bits per heavy atom. The lowest BCUT2D eigenvalue weighted by atomic mass is 10.1. The largest absolute Gasteiger partial charge is 0.493 e. The van der Waals surface area contributed by atoms with E-state index in [1.165, 1.54) is 0 Å². The van der Waals surface area contributed by atoms with Crippen molar-refractivity contribution in [1.82, 2.24) is 0 Å². The molecule has 2 aromatic carbocycles. The highest BCUT2D eigenvalue weighted by molar-refractivity contribution is 5.92. The summed E-state index contributed by atoms with van der Waals surface area (Å²) in [5.41, 5.74) is 2.70. The van der Waals surface area contributed by atoms with Crippen LogP contribution in [0.5, 0.6) is 17.2 Å². The molecule has 0 aromatic heterocycles. The standard InChI is InChI=1S/C18H21NO4/c1-12-5-7-14(8-6-12)19-17(20)11-13-9-15(21-2)18(23-4)16(10-13)22-3/h5-10H,11H2,1-4H3,(H,19,20). The number of aryl methyl sites for hydroxylation is 1. The molecule has 0 spiro atoms. The molecule has 0 bridgehead atoms. The summed E-state index contributed by atoms with van der Waals surface area (Å²) in [7, 11) is 4.64. The van der Waals surface area contributed by atoms with Gasteiger partial charge in [0.15, 0.2) is 11.5 Å². The molecule has 0 saturated carbocycles. The van der Waals surface area contributed by atoms with Crippen molar-refractivity contribution in [1.29, 1.82) is 0 Å². The molecule has 2 rings (SSSR count). The third-order valence-electron chi connectivity index (χ3n) is 3.42. The highest BCUT2D eigenvalue weighted by atomic mass is 16.5. The fourth-order valence-corrected chi connectivity index (χ4v) is 2.26. The van der Waals surface area contributed by atoms with Crippen LogP contribution in [-0.4, -0.2) is 27.2 Å². The minimum atomic E-state index is -0.108. The van der Waals surface area contributed by atoms with Crippen LogP contribution in [0.25, 0.3) is 0 Å². The van der Waals surface area contributed by atoms with Crippen LogP contribution in [0.2, 0.25) is 0 Å². The number of hydrogen-bond donors (Lipinski definition) is 1. The normalized spacial score (nSPS) is 10.1. The first-order chi connectivity index (χ1) is 11.1. The Balaban J connectivity index is 2.15. The van der Waals surface area contributed by atoms with Gasteiger partial charge in [-0.05, 0) is 36.8 Å². The van der Waals surface area contributed by atoms with Gasteiger partial charge >= 0.3 is 0 Å². The van der Waals surface area contributed by atoms with Gasteiger partial charge in [-0.25, -0.2) is 0 Å². The fraction of sp³-hybridized carbons (Fsp3) is 0.278. The number of amides is 1. The first-order valence-electron chi connectivity index (χ1n) is 7.22. The summed E-state index contributed by atoms with van der Waals surface area (Å²) in [6, 6.07) is 11.2. The summed E-state index contributed by atoms with van der Waals surface area (Å²) < 4.78 is 15.9. The lowest BCUT2D eigenvalue weighted by molar-refractivity contribution is -0.115. The topological polar surface area (TPSA) is 56.8 Å². The smallest absolute Gasteiger partial charge is 0.228 e. The van der Waals surface area contributed by atoms with E-state index in [0.29, 0.717) is 17.2 Å². The maximum atomic E-state index is 12.2. The van der Waals surface area contributed by atoms with E-state index < -0.39 is 0 Å². The second kappa shape index (κ2) is 7.54. The van der Waals surface area contributed by atoms with E-state index in [4.69, 9.17) is 14.2 Å². The Kier molecular flexibility index (Phi) is 5.46. The lowest BCUT2D eigenvalue weighted by Gasteiger charge is -2.14. The summed E-state index contributed by atoms with van der Waals surface area (Å²) in [5.74, 6) is 1.47. The van der Waals surface area contributed by atoms with Crippen molar-refractivity contribution < 1.29 is 19.0 Å². The van der Waals surface area contributed by atoms with E-state index in [-0.39, 0.29) is 12.3 Å². The molecule has 0 fully saturated rings. The van der Waals surface area contributed by atoms with E-state index in [2.05, 4.69) is 5.32 Å². The number of carbonyl (C=O) groups excluding carboxylic acids is 1. The maximum absolute atomic E-state index is 12.2. The van der Waals surface area contributed by atoms with Crippen molar-refractivity contribution in [3.8, 4) is 17.2 Å². The van der Waals surface area contributed by atoms with Gasteiger partial charge in [0.25, 0.3) is 0 Å². The van der Waals surface area contributed by atoms with Crippen LogP contribution < -0.4 is 19.5 Å². The quantitative estimate of drug-likeness (QED) is 0.889. The van der Waals surface area contributed by atoms with E-state index in [0.717, 1.165) is 16.8 Å². The molecular weight excluding hydrogens is 294 g/mol. The molecule has 0 heterocycles. The Morgan fingerprint density at radius 2 is 1.52 bits per heavy atom. The molecule has 122 valence electrons. The Morgan fingerprint density at radius 3 is 2.00 bits per heavy atom. The van der Waals surface area contributed by atoms with Gasteiger partial charge in [-0.2, -0.15) is 0 Å². The summed E-state index contributed by atoms with van der Waals surface area (Å²) in [6.07, 6.45) is 0.213. The Labute approximate surface area is 136 Å². The van der Waals surface area contributed by atoms with Gasteiger partial charge in [-0.3, -0.25) is 4.79 Å². The molecule has 23 heavy (non-hydrogen) atoms. The average molecular weight is 315 g/mol. The number of anilines is 1. The van der Waals surface area contributed by atoms with E-state index in [1.54, 1.807) is 33.5 Å². The zero-order chi connectivity index (χ0) is 16.8. The number of rotatable bonds is 6. The van der Waals surface area contributed by atoms with Crippen LogP contribution in [0.1, 0.15) is 11.1 Å². The first kappa shape index (κ1) is 16.7. The molecule has 0 aliphatic heterocycles. The number of hydrogen-bond acceptors (Lipinski definition) is 4. The summed E-state index contributed by atoms with van der Waals surface area (Å²) >= 11 is 0. The molecule has 2 aromatic rings. The zero-order valence-electron chi connectivity index (χ0n) is 13.8. The predicted octanol–water partition coefficient (Wildman–Crippen LogP) is 3.20. The molecule has 1 amide bonds. The molecule has 0 atom stereocenters. The number of carbonyl (C=O) groups is 1. The first-order valence-corrected chi connectivity index (χ1v) is 7.22. The lowest BCUT2D eigenvalue weighted by Crippen LogP contribution is -2.14. The van der Waals surface area contributed by atoms with Gasteiger partial charge in [0.2, 0.25) is 11.7 Å². The highest BCUT2D eigenvalue weighted by Gasteiger charge is 2.15. The second-order valence-corrected chi connectivity index (χ2v) is 5.12.